The van der Waals surface area contributed by atoms with Gasteiger partial charge in [-0.3, -0.25) is 19.9 Å². The molecule has 2 amide bonds. The molecule has 0 aliphatic carbocycles. The van der Waals surface area contributed by atoms with Crippen LogP contribution in [0.5, 0.6) is 0 Å². The molecule has 0 bridgehead atoms. The van der Waals surface area contributed by atoms with Crippen molar-refractivity contribution < 1.29 is 14.0 Å². The van der Waals surface area contributed by atoms with Crippen molar-refractivity contribution in [2.24, 2.45) is 5.92 Å². The van der Waals surface area contributed by atoms with Gasteiger partial charge in [0.05, 0.1) is 22.0 Å². The van der Waals surface area contributed by atoms with E-state index in [9.17, 15) is 14.0 Å². The molecule has 2 fully saturated rings. The number of nitrogens with zero attached hydrogens (tertiary/aromatic N) is 4. The van der Waals surface area contributed by atoms with Crippen LogP contribution in [0.3, 0.4) is 0 Å². The number of aromatic nitrogens is 3. The van der Waals surface area contributed by atoms with E-state index in [-0.39, 0.29) is 11.1 Å². The Morgan fingerprint density at radius 1 is 1.08 bits per heavy atom. The highest BCUT2D eigenvalue weighted by molar-refractivity contribution is 8.18. The van der Waals surface area contributed by atoms with Gasteiger partial charge in [0, 0.05) is 31.4 Å². The molecule has 2 aromatic heterocycles. The van der Waals surface area contributed by atoms with E-state index in [4.69, 9.17) is 4.98 Å². The largest absolute Gasteiger partial charge is 0.341 e. The van der Waals surface area contributed by atoms with Crippen molar-refractivity contribution in [3.05, 3.63) is 76.8 Å². The molecule has 0 unspecified atom stereocenters. The van der Waals surface area contributed by atoms with E-state index in [2.05, 4.69) is 25.5 Å². The van der Waals surface area contributed by atoms with E-state index in [0.717, 1.165) is 61.2 Å². The number of imide groups is 1. The summed E-state index contributed by atoms with van der Waals surface area (Å²) >= 11 is 0.879. The minimum atomic E-state index is -0.393. The number of benzene rings is 1. The van der Waals surface area contributed by atoms with Crippen molar-refractivity contribution in [2.45, 2.75) is 19.4 Å². The fourth-order valence-corrected chi connectivity index (χ4v) is 4.92. The van der Waals surface area contributed by atoms with Crippen molar-refractivity contribution in [2.75, 3.05) is 24.5 Å². The van der Waals surface area contributed by atoms with Crippen molar-refractivity contribution >= 4 is 34.9 Å². The summed E-state index contributed by atoms with van der Waals surface area (Å²) in [6.07, 6.45) is 5.32. The standard InChI is InChI=1S/C26H25FN6O2S/c27-19-6-4-18(5-7-19)22-3-1-2-21(30-22)16-28-15-17-9-12-33(13-10-17)25-29-11-8-20(31-25)14-23-24(34)32-26(35)36-23/h1-8,11,14,17,28H,9-10,12-13,15-16H2,(H,32,34,35)/b23-14+. The zero-order valence-electron chi connectivity index (χ0n) is 19.5. The second kappa shape index (κ2) is 11.0. The van der Waals surface area contributed by atoms with Gasteiger partial charge in [0.1, 0.15) is 5.82 Å². The van der Waals surface area contributed by atoms with Gasteiger partial charge in [-0.05, 0) is 85.6 Å². The van der Waals surface area contributed by atoms with Crippen molar-refractivity contribution in [3.8, 4) is 11.3 Å². The van der Waals surface area contributed by atoms with Gasteiger partial charge in [0.25, 0.3) is 11.1 Å². The Hall–Kier alpha value is -3.63. The maximum absolute atomic E-state index is 13.2. The van der Waals surface area contributed by atoms with E-state index >= 15 is 0 Å². The summed E-state index contributed by atoms with van der Waals surface area (Å²) in [7, 11) is 0. The molecule has 5 rings (SSSR count). The number of amides is 2. The predicted octanol–water partition coefficient (Wildman–Crippen LogP) is 4.01. The second-order valence-electron chi connectivity index (χ2n) is 8.72. The molecule has 4 heterocycles. The number of rotatable bonds is 7. The first-order valence-corrected chi connectivity index (χ1v) is 12.6. The van der Waals surface area contributed by atoms with Crippen LogP contribution in [0.15, 0.2) is 59.6 Å². The lowest BCUT2D eigenvalue weighted by atomic mass is 9.97. The van der Waals surface area contributed by atoms with E-state index in [1.165, 1.54) is 12.1 Å². The average Bonchev–Trinajstić information content (AvgIpc) is 3.21. The van der Waals surface area contributed by atoms with E-state index < -0.39 is 5.91 Å². The lowest BCUT2D eigenvalue weighted by Gasteiger charge is -2.32. The molecule has 2 aliphatic heterocycles. The third-order valence-electron chi connectivity index (χ3n) is 6.17. The number of hydrogen-bond acceptors (Lipinski definition) is 8. The minimum Gasteiger partial charge on any atom is -0.341 e. The molecule has 2 saturated heterocycles. The lowest BCUT2D eigenvalue weighted by Crippen LogP contribution is -2.38. The summed E-state index contributed by atoms with van der Waals surface area (Å²) in [4.78, 5) is 39.3. The molecule has 10 heteroatoms. The first kappa shape index (κ1) is 24.1. The second-order valence-corrected chi connectivity index (χ2v) is 9.73. The number of anilines is 1. The van der Waals surface area contributed by atoms with Crippen LogP contribution in [-0.4, -0.2) is 45.7 Å². The van der Waals surface area contributed by atoms with Crippen molar-refractivity contribution in [1.82, 2.24) is 25.6 Å². The first-order valence-electron chi connectivity index (χ1n) is 11.8. The summed E-state index contributed by atoms with van der Waals surface area (Å²) < 4.78 is 13.2. The monoisotopic (exact) mass is 504 g/mol. The van der Waals surface area contributed by atoms with Gasteiger partial charge < -0.3 is 10.2 Å². The summed E-state index contributed by atoms with van der Waals surface area (Å²) in [5, 5.41) is 5.41. The molecule has 0 spiro atoms. The Morgan fingerprint density at radius 2 is 1.89 bits per heavy atom. The molecular formula is C26H25FN6O2S. The molecule has 2 aliphatic rings. The van der Waals surface area contributed by atoms with Gasteiger partial charge >= 0.3 is 0 Å². The predicted molar refractivity (Wildman–Crippen MR) is 137 cm³/mol. The van der Waals surface area contributed by atoms with Crippen LogP contribution in [0.2, 0.25) is 0 Å². The van der Waals surface area contributed by atoms with Crippen LogP contribution >= 0.6 is 11.8 Å². The topological polar surface area (TPSA) is 100 Å². The molecule has 0 radical (unpaired) electrons. The Labute approximate surface area is 212 Å². The van der Waals surface area contributed by atoms with E-state index in [0.29, 0.717) is 29.0 Å². The SMILES string of the molecule is O=C1NC(=O)/C(=C\c2ccnc(N3CCC(CNCc4cccc(-c5ccc(F)cc5)n4)CC3)n2)S1. The number of pyridine rings is 1. The van der Waals surface area contributed by atoms with Gasteiger partial charge in [-0.2, -0.15) is 0 Å². The van der Waals surface area contributed by atoms with Crippen LogP contribution in [0.4, 0.5) is 15.1 Å². The summed E-state index contributed by atoms with van der Waals surface area (Å²) in [6, 6.07) is 14.0. The number of halogens is 1. The zero-order valence-corrected chi connectivity index (χ0v) is 20.3. The Morgan fingerprint density at radius 3 is 2.64 bits per heavy atom. The summed E-state index contributed by atoms with van der Waals surface area (Å²) in [5.74, 6) is 0.522. The molecule has 184 valence electrons. The zero-order chi connectivity index (χ0) is 24.9. The summed E-state index contributed by atoms with van der Waals surface area (Å²) in [6.45, 7) is 3.25. The van der Waals surface area contributed by atoms with Crippen LogP contribution in [0, 0.1) is 11.7 Å². The number of carbonyl (C=O) groups excluding carboxylic acids is 2. The average molecular weight is 505 g/mol. The number of carbonyl (C=O) groups is 2. The highest BCUT2D eigenvalue weighted by Gasteiger charge is 2.25. The molecule has 8 nitrogen and oxygen atoms in total. The fraction of sp³-hybridized carbons (Fsp3) is 0.269. The van der Waals surface area contributed by atoms with Crippen LogP contribution < -0.4 is 15.5 Å². The number of nitrogens with one attached hydrogen (secondary N) is 2. The molecule has 36 heavy (non-hydrogen) atoms. The minimum absolute atomic E-state index is 0.255. The Kier molecular flexibility index (Phi) is 7.33. The molecule has 0 atom stereocenters. The smallest absolute Gasteiger partial charge is 0.290 e. The van der Waals surface area contributed by atoms with E-state index in [1.54, 1.807) is 30.5 Å². The quantitative estimate of drug-likeness (QED) is 0.466. The normalized spacial score (nSPS) is 17.6. The lowest BCUT2D eigenvalue weighted by molar-refractivity contribution is -0.115. The van der Waals surface area contributed by atoms with Gasteiger partial charge in [-0.1, -0.05) is 6.07 Å². The molecule has 1 aromatic carbocycles. The first-order chi connectivity index (χ1) is 17.5. The van der Waals surface area contributed by atoms with Crippen molar-refractivity contribution in [3.63, 3.8) is 0 Å². The third-order valence-corrected chi connectivity index (χ3v) is 6.98. The Bertz CT molecular complexity index is 1290. The van der Waals surface area contributed by atoms with Gasteiger partial charge in [-0.15, -0.1) is 0 Å². The third kappa shape index (κ3) is 5.95. The highest BCUT2D eigenvalue weighted by atomic mass is 32.2. The Balaban J connectivity index is 1.11. The number of thioether (sulfide) groups is 1. The molecule has 3 aromatic rings. The van der Waals surface area contributed by atoms with Crippen LogP contribution in [0.1, 0.15) is 24.2 Å². The molecule has 0 saturated carbocycles. The number of hydrogen-bond donors (Lipinski definition) is 2. The van der Waals surface area contributed by atoms with Crippen molar-refractivity contribution in [1.29, 1.82) is 0 Å². The van der Waals surface area contributed by atoms with Gasteiger partial charge in [0.15, 0.2) is 0 Å². The highest BCUT2D eigenvalue weighted by Crippen LogP contribution is 2.26. The molecule has 2 N–H and O–H groups in total. The van der Waals surface area contributed by atoms with Crippen LogP contribution in [-0.2, 0) is 11.3 Å². The van der Waals surface area contributed by atoms with Gasteiger partial charge in [0.2, 0.25) is 5.95 Å². The van der Waals surface area contributed by atoms with Gasteiger partial charge in [-0.25, -0.2) is 14.4 Å². The maximum Gasteiger partial charge on any atom is 0.290 e. The fourth-order valence-electron chi connectivity index (χ4n) is 4.25. The van der Waals surface area contributed by atoms with E-state index in [1.807, 2.05) is 18.2 Å². The number of piperidine rings is 1. The maximum atomic E-state index is 13.2. The molecular weight excluding hydrogens is 479 g/mol. The summed E-state index contributed by atoms with van der Waals surface area (Å²) in [5.41, 5.74) is 3.28. The van der Waals surface area contributed by atoms with Crippen LogP contribution in [0.25, 0.3) is 17.3 Å².